The zero-order valence-corrected chi connectivity index (χ0v) is 12.9. The molecule has 2 rings (SSSR count). The molecule has 0 aliphatic rings. The highest BCUT2D eigenvalue weighted by atomic mass is 79.9. The van der Waals surface area contributed by atoms with Crippen molar-refractivity contribution in [2.45, 2.75) is 13.0 Å². The molecule has 0 aliphatic heterocycles. The molecule has 0 saturated heterocycles. The molecule has 2 aromatic rings. The molecule has 0 bridgehead atoms. The number of aliphatic hydroxyl groups excluding tert-OH is 1. The Balaban J connectivity index is 2.23. The molecule has 0 saturated carbocycles. The van der Waals surface area contributed by atoms with E-state index in [0.717, 1.165) is 10.2 Å². The third kappa shape index (κ3) is 3.08. The first kappa shape index (κ1) is 14.7. The van der Waals surface area contributed by atoms with Gasteiger partial charge in [-0.05, 0) is 31.2 Å². The third-order valence-corrected chi connectivity index (χ3v) is 3.62. The lowest BCUT2D eigenvalue weighted by atomic mass is 10.3. The van der Waals surface area contributed by atoms with E-state index in [2.05, 4.69) is 21.0 Å². The molecular weight excluding hydrogens is 322 g/mol. The van der Waals surface area contributed by atoms with E-state index in [1.165, 1.54) is 4.90 Å². The van der Waals surface area contributed by atoms with Gasteiger partial charge in [0.15, 0.2) is 5.69 Å². The van der Waals surface area contributed by atoms with Crippen LogP contribution in [-0.2, 0) is 0 Å². The van der Waals surface area contributed by atoms with Gasteiger partial charge in [0, 0.05) is 17.7 Å². The van der Waals surface area contributed by atoms with Gasteiger partial charge < -0.3 is 10.0 Å². The first-order valence-corrected chi connectivity index (χ1v) is 7.02. The van der Waals surface area contributed by atoms with Gasteiger partial charge in [0.1, 0.15) is 0 Å². The van der Waals surface area contributed by atoms with E-state index in [1.807, 2.05) is 24.3 Å². The lowest BCUT2D eigenvalue weighted by molar-refractivity contribution is 0.0676. The number of amides is 1. The fourth-order valence-corrected chi connectivity index (χ4v) is 2.09. The highest BCUT2D eigenvalue weighted by Crippen LogP contribution is 2.15. The molecule has 6 heteroatoms. The summed E-state index contributed by atoms with van der Waals surface area (Å²) >= 11 is 3.40. The zero-order valence-electron chi connectivity index (χ0n) is 11.3. The predicted octanol–water partition coefficient (Wildman–Crippen LogP) is 2.09. The molecule has 1 atom stereocenters. The van der Waals surface area contributed by atoms with Crippen molar-refractivity contribution < 1.29 is 9.90 Å². The smallest absolute Gasteiger partial charge is 0.274 e. The van der Waals surface area contributed by atoms with E-state index in [-0.39, 0.29) is 18.6 Å². The predicted molar refractivity (Wildman–Crippen MR) is 79.9 cm³/mol. The number of aromatic nitrogens is 2. The Bertz CT molecular complexity index is 612. The van der Waals surface area contributed by atoms with Gasteiger partial charge in [-0.25, -0.2) is 4.68 Å². The van der Waals surface area contributed by atoms with E-state index in [9.17, 15) is 4.79 Å². The summed E-state index contributed by atoms with van der Waals surface area (Å²) in [6, 6.07) is 9.09. The Kier molecular flexibility index (Phi) is 4.57. The van der Waals surface area contributed by atoms with Gasteiger partial charge in [-0.3, -0.25) is 4.79 Å². The molecule has 0 spiro atoms. The molecular formula is C14H16BrN3O2. The number of carbonyl (C=O) groups excluding carboxylic acids is 1. The molecule has 0 fully saturated rings. The Labute approximate surface area is 126 Å². The molecule has 1 heterocycles. The summed E-state index contributed by atoms with van der Waals surface area (Å²) in [6.07, 6.45) is 1.74. The second-order valence-corrected chi connectivity index (χ2v) is 5.49. The van der Waals surface area contributed by atoms with Crippen LogP contribution in [0, 0.1) is 0 Å². The van der Waals surface area contributed by atoms with Crippen LogP contribution in [0.2, 0.25) is 0 Å². The Hall–Kier alpha value is -1.66. The van der Waals surface area contributed by atoms with Crippen LogP contribution in [0.5, 0.6) is 0 Å². The highest BCUT2D eigenvalue weighted by Gasteiger charge is 2.19. The van der Waals surface area contributed by atoms with Crippen LogP contribution in [0.3, 0.4) is 0 Å². The molecule has 1 aromatic heterocycles. The van der Waals surface area contributed by atoms with Crippen LogP contribution in [-0.4, -0.2) is 45.4 Å². The number of halogens is 1. The number of nitrogens with zero attached hydrogens (tertiary/aromatic N) is 3. The number of carbonyl (C=O) groups is 1. The average molecular weight is 338 g/mol. The Morgan fingerprint density at radius 1 is 1.50 bits per heavy atom. The van der Waals surface area contributed by atoms with Gasteiger partial charge in [-0.1, -0.05) is 22.0 Å². The number of hydrogen-bond donors (Lipinski definition) is 1. The van der Waals surface area contributed by atoms with E-state index < -0.39 is 0 Å². The number of hydrogen-bond acceptors (Lipinski definition) is 3. The van der Waals surface area contributed by atoms with Crippen LogP contribution in [0.1, 0.15) is 17.4 Å². The molecule has 1 amide bonds. The van der Waals surface area contributed by atoms with Crippen LogP contribution >= 0.6 is 15.9 Å². The maximum atomic E-state index is 12.2. The summed E-state index contributed by atoms with van der Waals surface area (Å²) in [4.78, 5) is 13.7. The van der Waals surface area contributed by atoms with Crippen LogP contribution < -0.4 is 0 Å². The topological polar surface area (TPSA) is 58.4 Å². The maximum Gasteiger partial charge on any atom is 0.274 e. The number of aliphatic hydroxyl groups is 1. The number of likely N-dealkylation sites (N-methyl/N-ethyl adjacent to an activating group) is 1. The van der Waals surface area contributed by atoms with Crippen LogP contribution in [0.15, 0.2) is 41.0 Å². The van der Waals surface area contributed by atoms with Gasteiger partial charge >= 0.3 is 0 Å². The van der Waals surface area contributed by atoms with Crippen molar-refractivity contribution in [3.8, 4) is 5.69 Å². The minimum atomic E-state index is -0.237. The lowest BCUT2D eigenvalue weighted by Gasteiger charge is -2.21. The van der Waals surface area contributed by atoms with Crippen molar-refractivity contribution in [2.24, 2.45) is 0 Å². The highest BCUT2D eigenvalue weighted by molar-refractivity contribution is 9.10. The van der Waals surface area contributed by atoms with Gasteiger partial charge in [-0.15, -0.1) is 0 Å². The molecule has 106 valence electrons. The molecule has 5 nitrogen and oxygen atoms in total. The molecule has 20 heavy (non-hydrogen) atoms. The van der Waals surface area contributed by atoms with Crippen molar-refractivity contribution in [1.82, 2.24) is 14.7 Å². The third-order valence-electron chi connectivity index (χ3n) is 3.13. The Morgan fingerprint density at radius 2 is 2.25 bits per heavy atom. The minimum absolute atomic E-state index is 0.0748. The first-order valence-electron chi connectivity index (χ1n) is 6.22. The van der Waals surface area contributed by atoms with Gasteiger partial charge in [0.05, 0.1) is 18.3 Å². The van der Waals surface area contributed by atoms with Gasteiger partial charge in [-0.2, -0.15) is 5.10 Å². The van der Waals surface area contributed by atoms with Gasteiger partial charge in [0.2, 0.25) is 0 Å². The molecule has 1 aromatic carbocycles. The van der Waals surface area contributed by atoms with Crippen molar-refractivity contribution in [2.75, 3.05) is 13.7 Å². The fraction of sp³-hybridized carbons (Fsp3) is 0.286. The number of rotatable bonds is 4. The summed E-state index contributed by atoms with van der Waals surface area (Å²) < 4.78 is 2.60. The van der Waals surface area contributed by atoms with Gasteiger partial charge in [0.25, 0.3) is 5.91 Å². The van der Waals surface area contributed by atoms with Crippen LogP contribution in [0.25, 0.3) is 5.69 Å². The van der Waals surface area contributed by atoms with Crippen LogP contribution in [0.4, 0.5) is 0 Å². The minimum Gasteiger partial charge on any atom is -0.394 e. The summed E-state index contributed by atoms with van der Waals surface area (Å²) in [5.74, 6) is -0.208. The molecule has 1 unspecified atom stereocenters. The van der Waals surface area contributed by atoms with E-state index >= 15 is 0 Å². The fourth-order valence-electron chi connectivity index (χ4n) is 1.70. The summed E-state index contributed by atoms with van der Waals surface area (Å²) in [6.45, 7) is 1.71. The maximum absolute atomic E-state index is 12.2. The van der Waals surface area contributed by atoms with E-state index in [4.69, 9.17) is 5.11 Å². The van der Waals surface area contributed by atoms with E-state index in [0.29, 0.717) is 5.69 Å². The molecule has 1 N–H and O–H groups in total. The van der Waals surface area contributed by atoms with Crippen molar-refractivity contribution in [3.63, 3.8) is 0 Å². The SMILES string of the molecule is CC(CO)N(C)C(=O)c1ccn(-c2cccc(Br)c2)n1. The quantitative estimate of drug-likeness (QED) is 0.929. The largest absolute Gasteiger partial charge is 0.394 e. The summed E-state index contributed by atoms with van der Waals surface area (Å²) in [7, 11) is 1.65. The summed E-state index contributed by atoms with van der Waals surface area (Å²) in [5, 5.41) is 13.4. The monoisotopic (exact) mass is 337 g/mol. The van der Waals surface area contributed by atoms with Crippen molar-refractivity contribution in [3.05, 3.63) is 46.7 Å². The zero-order chi connectivity index (χ0) is 14.7. The second kappa shape index (κ2) is 6.19. The Morgan fingerprint density at radius 3 is 2.90 bits per heavy atom. The standard InChI is InChI=1S/C14H16BrN3O2/c1-10(9-19)17(2)14(20)13-6-7-18(16-13)12-5-3-4-11(15)8-12/h3-8,10,19H,9H2,1-2H3. The molecule has 0 aliphatic carbocycles. The van der Waals surface area contributed by atoms with Crippen molar-refractivity contribution >= 4 is 21.8 Å². The van der Waals surface area contributed by atoms with Crippen molar-refractivity contribution in [1.29, 1.82) is 0 Å². The van der Waals surface area contributed by atoms with E-state index in [1.54, 1.807) is 30.9 Å². The normalized spacial score (nSPS) is 12.2. The average Bonchev–Trinajstić information content (AvgIpc) is 2.94. The number of benzene rings is 1. The first-order chi connectivity index (χ1) is 9.52. The summed E-state index contributed by atoms with van der Waals surface area (Å²) in [5.41, 5.74) is 1.23. The second-order valence-electron chi connectivity index (χ2n) is 4.57. The lowest BCUT2D eigenvalue weighted by Crippen LogP contribution is -2.37. The molecule has 0 radical (unpaired) electrons.